The summed E-state index contributed by atoms with van der Waals surface area (Å²) in [5.74, 6) is 1.92. The van der Waals surface area contributed by atoms with Crippen LogP contribution in [0.25, 0.3) is 0 Å². The van der Waals surface area contributed by atoms with Crippen LogP contribution in [0, 0.1) is 5.92 Å². The average Bonchev–Trinajstić information content (AvgIpc) is 2.99. The zero-order chi connectivity index (χ0) is 15.2. The van der Waals surface area contributed by atoms with Gasteiger partial charge in [0, 0.05) is 24.1 Å². The fourth-order valence-electron chi connectivity index (χ4n) is 3.00. The van der Waals surface area contributed by atoms with Crippen molar-refractivity contribution in [3.63, 3.8) is 0 Å². The largest absolute Gasteiger partial charge is 0.493 e. The maximum absolute atomic E-state index is 9.40. The van der Waals surface area contributed by atoms with E-state index in [2.05, 4.69) is 11.6 Å². The number of benzene rings is 1. The Balaban J connectivity index is 2.11. The maximum atomic E-state index is 9.40. The van der Waals surface area contributed by atoms with Crippen LogP contribution >= 0.6 is 11.8 Å². The molecule has 0 aliphatic heterocycles. The third-order valence-corrected chi connectivity index (χ3v) is 5.05. The van der Waals surface area contributed by atoms with E-state index in [1.54, 1.807) is 26.0 Å². The summed E-state index contributed by atoms with van der Waals surface area (Å²) in [7, 11) is 3.32. The van der Waals surface area contributed by atoms with Crippen LogP contribution in [0.1, 0.15) is 24.8 Å². The number of hydrogen-bond donors (Lipinski definition) is 2. The lowest BCUT2D eigenvalue weighted by Crippen LogP contribution is -2.33. The van der Waals surface area contributed by atoms with Gasteiger partial charge in [0.15, 0.2) is 11.5 Å². The van der Waals surface area contributed by atoms with Crippen molar-refractivity contribution in [3.05, 3.63) is 17.7 Å². The standard InChI is InChI=1S/C16H25NO3S/c1-19-14-7-12(16(21-3)8-15(14)20-2)9-17-13-6-4-5-11(13)10-18/h7-8,11,13,17-18H,4-6,9-10H2,1-3H3. The summed E-state index contributed by atoms with van der Waals surface area (Å²) in [4.78, 5) is 1.19. The number of thioether (sulfide) groups is 1. The lowest BCUT2D eigenvalue weighted by molar-refractivity contribution is 0.205. The van der Waals surface area contributed by atoms with Gasteiger partial charge in [0.2, 0.25) is 0 Å². The quantitative estimate of drug-likeness (QED) is 0.758. The summed E-state index contributed by atoms with van der Waals surface area (Å²) in [6.45, 7) is 1.07. The Bertz CT molecular complexity index is 467. The van der Waals surface area contributed by atoms with E-state index in [-0.39, 0.29) is 6.61 Å². The first-order chi connectivity index (χ1) is 10.2. The summed E-state index contributed by atoms with van der Waals surface area (Å²) in [5, 5.41) is 13.0. The molecule has 1 aliphatic carbocycles. The predicted octanol–water partition coefficient (Wildman–Crippen LogP) is 2.68. The van der Waals surface area contributed by atoms with E-state index < -0.39 is 0 Å². The van der Waals surface area contributed by atoms with Crippen LogP contribution in [0.5, 0.6) is 11.5 Å². The molecule has 21 heavy (non-hydrogen) atoms. The number of hydrogen-bond acceptors (Lipinski definition) is 5. The zero-order valence-corrected chi connectivity index (χ0v) is 13.8. The molecule has 1 fully saturated rings. The third kappa shape index (κ3) is 3.84. The molecule has 0 saturated heterocycles. The molecular formula is C16H25NO3S. The fraction of sp³-hybridized carbons (Fsp3) is 0.625. The molecule has 0 spiro atoms. The molecule has 4 nitrogen and oxygen atoms in total. The van der Waals surface area contributed by atoms with Gasteiger partial charge in [-0.15, -0.1) is 11.8 Å². The molecule has 0 aromatic heterocycles. The third-order valence-electron chi connectivity index (χ3n) is 4.23. The Hall–Kier alpha value is -0.910. The van der Waals surface area contributed by atoms with Crippen molar-refractivity contribution in [1.29, 1.82) is 0 Å². The van der Waals surface area contributed by atoms with E-state index in [4.69, 9.17) is 9.47 Å². The van der Waals surface area contributed by atoms with Crippen LogP contribution in [-0.4, -0.2) is 38.2 Å². The Morgan fingerprint density at radius 2 is 1.95 bits per heavy atom. The molecule has 2 rings (SSSR count). The number of aliphatic hydroxyl groups excluding tert-OH is 1. The van der Waals surface area contributed by atoms with Crippen LogP contribution in [0.15, 0.2) is 17.0 Å². The van der Waals surface area contributed by atoms with Crippen LogP contribution in [0.2, 0.25) is 0 Å². The molecule has 0 heterocycles. The van der Waals surface area contributed by atoms with Gasteiger partial charge in [0.1, 0.15) is 0 Å². The molecule has 1 saturated carbocycles. The first-order valence-electron chi connectivity index (χ1n) is 7.36. The number of rotatable bonds is 7. The molecule has 2 unspecified atom stereocenters. The second-order valence-electron chi connectivity index (χ2n) is 5.38. The van der Waals surface area contributed by atoms with Crippen molar-refractivity contribution < 1.29 is 14.6 Å². The minimum Gasteiger partial charge on any atom is -0.493 e. The normalized spacial score (nSPS) is 21.5. The van der Waals surface area contributed by atoms with E-state index in [9.17, 15) is 5.11 Å². The van der Waals surface area contributed by atoms with E-state index >= 15 is 0 Å². The molecule has 118 valence electrons. The molecule has 2 N–H and O–H groups in total. The van der Waals surface area contributed by atoms with Crippen molar-refractivity contribution in [2.75, 3.05) is 27.1 Å². The van der Waals surface area contributed by atoms with Gasteiger partial charge in [0.05, 0.1) is 14.2 Å². The molecule has 0 bridgehead atoms. The van der Waals surface area contributed by atoms with Crippen LogP contribution in [0.3, 0.4) is 0 Å². The minimum absolute atomic E-state index is 0.277. The number of methoxy groups -OCH3 is 2. The highest BCUT2D eigenvalue weighted by Gasteiger charge is 2.26. The molecule has 5 heteroatoms. The lowest BCUT2D eigenvalue weighted by Gasteiger charge is -2.20. The van der Waals surface area contributed by atoms with Gasteiger partial charge in [-0.3, -0.25) is 0 Å². The van der Waals surface area contributed by atoms with Gasteiger partial charge < -0.3 is 19.9 Å². The highest BCUT2D eigenvalue weighted by atomic mass is 32.2. The van der Waals surface area contributed by atoms with E-state index in [1.165, 1.54) is 16.9 Å². The van der Waals surface area contributed by atoms with E-state index in [0.29, 0.717) is 12.0 Å². The fourth-order valence-corrected chi connectivity index (χ4v) is 3.61. The summed E-state index contributed by atoms with van der Waals surface area (Å²) in [5.41, 5.74) is 1.21. The predicted molar refractivity (Wildman–Crippen MR) is 86.4 cm³/mol. The van der Waals surface area contributed by atoms with Gasteiger partial charge in [-0.1, -0.05) is 6.42 Å². The first-order valence-corrected chi connectivity index (χ1v) is 8.59. The average molecular weight is 311 g/mol. The molecule has 0 amide bonds. The Kier molecular flexibility index (Phi) is 6.21. The lowest BCUT2D eigenvalue weighted by atomic mass is 10.0. The molecule has 1 aromatic carbocycles. The second kappa shape index (κ2) is 7.92. The monoisotopic (exact) mass is 311 g/mol. The van der Waals surface area contributed by atoms with Gasteiger partial charge in [-0.25, -0.2) is 0 Å². The van der Waals surface area contributed by atoms with Crippen molar-refractivity contribution in [3.8, 4) is 11.5 Å². The van der Waals surface area contributed by atoms with Crippen LogP contribution in [0.4, 0.5) is 0 Å². The van der Waals surface area contributed by atoms with Crippen molar-refractivity contribution in [2.24, 2.45) is 5.92 Å². The van der Waals surface area contributed by atoms with Gasteiger partial charge in [0.25, 0.3) is 0 Å². The van der Waals surface area contributed by atoms with Crippen LogP contribution < -0.4 is 14.8 Å². The maximum Gasteiger partial charge on any atom is 0.161 e. The second-order valence-corrected chi connectivity index (χ2v) is 6.23. The Morgan fingerprint density at radius 3 is 2.57 bits per heavy atom. The minimum atomic E-state index is 0.277. The van der Waals surface area contributed by atoms with Gasteiger partial charge in [-0.05, 0) is 42.7 Å². The number of ether oxygens (including phenoxy) is 2. The molecule has 2 atom stereocenters. The smallest absolute Gasteiger partial charge is 0.161 e. The molecule has 0 radical (unpaired) electrons. The highest BCUT2D eigenvalue weighted by Crippen LogP contribution is 2.35. The molecule has 1 aliphatic rings. The zero-order valence-electron chi connectivity index (χ0n) is 13.0. The van der Waals surface area contributed by atoms with Crippen molar-refractivity contribution in [1.82, 2.24) is 5.32 Å². The van der Waals surface area contributed by atoms with E-state index in [1.807, 2.05) is 12.1 Å². The topological polar surface area (TPSA) is 50.7 Å². The summed E-state index contributed by atoms with van der Waals surface area (Å²) in [6.07, 6.45) is 5.53. The summed E-state index contributed by atoms with van der Waals surface area (Å²) < 4.78 is 10.7. The summed E-state index contributed by atoms with van der Waals surface area (Å²) >= 11 is 1.71. The first kappa shape index (κ1) is 16.5. The summed E-state index contributed by atoms with van der Waals surface area (Å²) in [6, 6.07) is 4.48. The highest BCUT2D eigenvalue weighted by molar-refractivity contribution is 7.98. The Morgan fingerprint density at radius 1 is 1.24 bits per heavy atom. The molecular weight excluding hydrogens is 286 g/mol. The Labute approximate surface area is 131 Å². The SMILES string of the molecule is COc1cc(CNC2CCCC2CO)c(SC)cc1OC. The van der Waals surface area contributed by atoms with Crippen molar-refractivity contribution in [2.45, 2.75) is 36.7 Å². The van der Waals surface area contributed by atoms with Crippen LogP contribution in [-0.2, 0) is 6.54 Å². The number of nitrogens with one attached hydrogen (secondary N) is 1. The number of aliphatic hydroxyl groups is 1. The molecule has 1 aromatic rings. The van der Waals surface area contributed by atoms with E-state index in [0.717, 1.165) is 30.9 Å². The van der Waals surface area contributed by atoms with Gasteiger partial charge in [-0.2, -0.15) is 0 Å². The van der Waals surface area contributed by atoms with Crippen molar-refractivity contribution >= 4 is 11.8 Å². The van der Waals surface area contributed by atoms with Gasteiger partial charge >= 0.3 is 0 Å².